The SMILES string of the molecule is NC(=O)C1CCCCN1Cn1nnc2ccccc2c1=O. The first kappa shape index (κ1) is 13.7. The number of nitrogens with zero attached hydrogens (tertiary/aromatic N) is 4. The molecule has 110 valence electrons. The molecule has 1 unspecified atom stereocenters. The zero-order chi connectivity index (χ0) is 14.8. The highest BCUT2D eigenvalue weighted by molar-refractivity contribution is 5.80. The Balaban J connectivity index is 1.92. The van der Waals surface area contributed by atoms with Crippen molar-refractivity contribution in [2.45, 2.75) is 32.0 Å². The van der Waals surface area contributed by atoms with Crippen LogP contribution in [-0.2, 0) is 11.5 Å². The van der Waals surface area contributed by atoms with Crippen LogP contribution in [0.15, 0.2) is 29.1 Å². The van der Waals surface area contributed by atoms with Gasteiger partial charge in [-0.15, -0.1) is 5.10 Å². The number of piperidine rings is 1. The van der Waals surface area contributed by atoms with Crippen LogP contribution >= 0.6 is 0 Å². The van der Waals surface area contributed by atoms with Crippen LogP contribution in [0.1, 0.15) is 19.3 Å². The van der Waals surface area contributed by atoms with Gasteiger partial charge < -0.3 is 5.73 Å². The lowest BCUT2D eigenvalue weighted by molar-refractivity contribution is -0.125. The third-order valence-corrected chi connectivity index (χ3v) is 3.89. The van der Waals surface area contributed by atoms with Gasteiger partial charge in [0.1, 0.15) is 5.52 Å². The molecule has 1 aromatic heterocycles. The molecule has 2 aromatic rings. The van der Waals surface area contributed by atoms with Crippen LogP contribution in [0.4, 0.5) is 0 Å². The molecule has 0 radical (unpaired) electrons. The molecule has 7 heteroatoms. The second kappa shape index (κ2) is 5.61. The van der Waals surface area contributed by atoms with E-state index in [1.54, 1.807) is 18.2 Å². The van der Waals surface area contributed by atoms with Crippen LogP contribution < -0.4 is 11.3 Å². The van der Waals surface area contributed by atoms with Gasteiger partial charge in [0.15, 0.2) is 0 Å². The van der Waals surface area contributed by atoms with Crippen molar-refractivity contribution in [2.24, 2.45) is 5.73 Å². The van der Waals surface area contributed by atoms with Gasteiger partial charge in [0.05, 0.1) is 18.1 Å². The minimum atomic E-state index is -0.350. The highest BCUT2D eigenvalue weighted by Crippen LogP contribution is 2.17. The number of rotatable bonds is 3. The molecule has 3 rings (SSSR count). The first-order chi connectivity index (χ1) is 10.2. The van der Waals surface area contributed by atoms with E-state index >= 15 is 0 Å². The number of amides is 1. The van der Waals surface area contributed by atoms with Gasteiger partial charge in [0.25, 0.3) is 5.56 Å². The second-order valence-electron chi connectivity index (χ2n) is 5.28. The van der Waals surface area contributed by atoms with E-state index in [2.05, 4.69) is 10.3 Å². The van der Waals surface area contributed by atoms with E-state index in [9.17, 15) is 9.59 Å². The Morgan fingerprint density at radius 1 is 1.33 bits per heavy atom. The van der Waals surface area contributed by atoms with Crippen LogP contribution in [0.2, 0.25) is 0 Å². The maximum atomic E-state index is 12.4. The Kier molecular flexibility index (Phi) is 3.66. The quantitative estimate of drug-likeness (QED) is 0.863. The molecular weight excluding hydrogens is 270 g/mol. The smallest absolute Gasteiger partial charge is 0.278 e. The predicted octanol–water partition coefficient (Wildman–Crippen LogP) is 0.0888. The van der Waals surface area contributed by atoms with Crippen LogP contribution in [0.3, 0.4) is 0 Å². The number of carbonyl (C=O) groups excluding carboxylic acids is 1. The van der Waals surface area contributed by atoms with Crippen molar-refractivity contribution in [3.63, 3.8) is 0 Å². The zero-order valence-corrected chi connectivity index (χ0v) is 11.6. The van der Waals surface area contributed by atoms with E-state index in [0.29, 0.717) is 10.9 Å². The standard InChI is InChI=1S/C14H17N5O2/c15-13(20)12-7-3-4-8-18(12)9-19-14(21)10-5-1-2-6-11(10)16-17-19/h1-2,5-6,12H,3-4,7-9H2,(H2,15,20). The molecule has 1 atom stereocenters. The van der Waals surface area contributed by atoms with Gasteiger partial charge >= 0.3 is 0 Å². The number of benzene rings is 1. The molecule has 0 bridgehead atoms. The largest absolute Gasteiger partial charge is 0.368 e. The van der Waals surface area contributed by atoms with Gasteiger partial charge in [-0.1, -0.05) is 23.8 Å². The Bertz CT molecular complexity index is 727. The lowest BCUT2D eigenvalue weighted by Gasteiger charge is -2.33. The maximum Gasteiger partial charge on any atom is 0.278 e. The third-order valence-electron chi connectivity index (χ3n) is 3.89. The van der Waals surface area contributed by atoms with E-state index in [1.165, 1.54) is 4.68 Å². The Hall–Kier alpha value is -2.28. The number of nitrogens with two attached hydrogens (primary N) is 1. The fraction of sp³-hybridized carbons (Fsp3) is 0.429. The molecule has 0 saturated carbocycles. The van der Waals surface area contributed by atoms with Gasteiger partial charge in [0.2, 0.25) is 5.91 Å². The monoisotopic (exact) mass is 287 g/mol. The number of fused-ring (bicyclic) bond motifs is 1. The first-order valence-corrected chi connectivity index (χ1v) is 7.03. The summed E-state index contributed by atoms with van der Waals surface area (Å²) in [7, 11) is 0. The molecule has 1 aliphatic heterocycles. The number of hydrogen-bond donors (Lipinski definition) is 1. The van der Waals surface area contributed by atoms with Gasteiger partial charge in [0, 0.05) is 6.54 Å². The molecule has 1 saturated heterocycles. The van der Waals surface area contributed by atoms with Crippen LogP contribution in [-0.4, -0.2) is 38.4 Å². The predicted molar refractivity (Wildman–Crippen MR) is 77.3 cm³/mol. The van der Waals surface area contributed by atoms with Crippen molar-refractivity contribution in [1.29, 1.82) is 0 Å². The molecule has 0 spiro atoms. The normalized spacial score (nSPS) is 19.7. The van der Waals surface area contributed by atoms with Crippen LogP contribution in [0.5, 0.6) is 0 Å². The number of carbonyl (C=O) groups is 1. The summed E-state index contributed by atoms with van der Waals surface area (Å²) in [5.74, 6) is -0.350. The van der Waals surface area contributed by atoms with Crippen molar-refractivity contribution >= 4 is 16.8 Å². The molecule has 7 nitrogen and oxygen atoms in total. The topological polar surface area (TPSA) is 94.1 Å². The number of hydrogen-bond acceptors (Lipinski definition) is 5. The van der Waals surface area contributed by atoms with Crippen LogP contribution in [0.25, 0.3) is 10.9 Å². The van der Waals surface area contributed by atoms with E-state index in [4.69, 9.17) is 5.73 Å². The zero-order valence-electron chi connectivity index (χ0n) is 11.6. The van der Waals surface area contributed by atoms with Crippen molar-refractivity contribution in [3.8, 4) is 0 Å². The van der Waals surface area contributed by atoms with Crippen molar-refractivity contribution < 1.29 is 4.79 Å². The number of primary amides is 1. The Morgan fingerprint density at radius 3 is 2.95 bits per heavy atom. The summed E-state index contributed by atoms with van der Waals surface area (Å²) in [5, 5.41) is 8.53. The van der Waals surface area contributed by atoms with Crippen molar-refractivity contribution in [1.82, 2.24) is 19.9 Å². The molecule has 1 fully saturated rings. The highest BCUT2D eigenvalue weighted by Gasteiger charge is 2.27. The van der Waals surface area contributed by atoms with Gasteiger partial charge in [-0.2, -0.15) is 4.68 Å². The Labute approximate surface area is 121 Å². The summed E-state index contributed by atoms with van der Waals surface area (Å²) in [5.41, 5.74) is 5.81. The molecule has 21 heavy (non-hydrogen) atoms. The summed E-state index contributed by atoms with van der Waals surface area (Å²) in [6.45, 7) is 0.971. The minimum absolute atomic E-state index is 0.200. The molecule has 2 N–H and O–H groups in total. The van der Waals surface area contributed by atoms with Gasteiger partial charge in [-0.3, -0.25) is 14.5 Å². The summed E-state index contributed by atoms with van der Waals surface area (Å²) in [6.07, 6.45) is 2.69. The molecule has 1 amide bonds. The van der Waals surface area contributed by atoms with Gasteiger partial charge in [-0.05, 0) is 25.0 Å². The summed E-state index contributed by atoms with van der Waals surface area (Å²) >= 11 is 0. The summed E-state index contributed by atoms with van der Waals surface area (Å²) in [4.78, 5) is 25.8. The summed E-state index contributed by atoms with van der Waals surface area (Å²) < 4.78 is 1.30. The number of likely N-dealkylation sites (tertiary alicyclic amines) is 1. The lowest BCUT2D eigenvalue weighted by atomic mass is 10.0. The first-order valence-electron chi connectivity index (χ1n) is 7.03. The number of aromatic nitrogens is 3. The molecule has 2 heterocycles. The maximum absolute atomic E-state index is 12.4. The fourth-order valence-corrected chi connectivity index (χ4v) is 2.77. The molecule has 1 aromatic carbocycles. The van der Waals surface area contributed by atoms with Crippen molar-refractivity contribution in [2.75, 3.05) is 6.54 Å². The average molecular weight is 287 g/mol. The fourth-order valence-electron chi connectivity index (χ4n) is 2.77. The van der Waals surface area contributed by atoms with Gasteiger partial charge in [-0.25, -0.2) is 0 Å². The highest BCUT2D eigenvalue weighted by atomic mass is 16.1. The lowest BCUT2D eigenvalue weighted by Crippen LogP contribution is -2.49. The second-order valence-corrected chi connectivity index (χ2v) is 5.28. The molecule has 0 aliphatic carbocycles. The molecular formula is C14H17N5O2. The minimum Gasteiger partial charge on any atom is -0.368 e. The summed E-state index contributed by atoms with van der Waals surface area (Å²) in [6, 6.07) is 6.75. The Morgan fingerprint density at radius 2 is 2.14 bits per heavy atom. The van der Waals surface area contributed by atoms with E-state index in [1.807, 2.05) is 11.0 Å². The van der Waals surface area contributed by atoms with E-state index in [0.717, 1.165) is 25.8 Å². The average Bonchev–Trinajstić information content (AvgIpc) is 2.51. The molecule has 1 aliphatic rings. The van der Waals surface area contributed by atoms with Crippen LogP contribution in [0, 0.1) is 0 Å². The van der Waals surface area contributed by atoms with Crippen molar-refractivity contribution in [3.05, 3.63) is 34.6 Å². The van der Waals surface area contributed by atoms with E-state index in [-0.39, 0.29) is 24.2 Å². The third kappa shape index (κ3) is 2.64. The van der Waals surface area contributed by atoms with E-state index < -0.39 is 0 Å².